The molecule has 0 aromatic carbocycles. The first-order valence-electron chi connectivity index (χ1n) is 4.59. The minimum absolute atomic E-state index is 0.462. The molecule has 1 nitrogen and oxygen atoms in total. The van der Waals surface area contributed by atoms with Crippen molar-refractivity contribution < 1.29 is 0 Å². The molecular formula is C10H19N. The second kappa shape index (κ2) is 3.40. The van der Waals surface area contributed by atoms with Gasteiger partial charge in [0.1, 0.15) is 0 Å². The molecule has 0 aromatic heterocycles. The van der Waals surface area contributed by atoms with Gasteiger partial charge in [0.05, 0.1) is 0 Å². The van der Waals surface area contributed by atoms with Crippen LogP contribution in [0.25, 0.3) is 0 Å². The van der Waals surface area contributed by atoms with Crippen LogP contribution >= 0.6 is 0 Å². The lowest BCUT2D eigenvalue weighted by atomic mass is 9.80. The van der Waals surface area contributed by atoms with Gasteiger partial charge >= 0.3 is 0 Å². The van der Waals surface area contributed by atoms with Gasteiger partial charge in [-0.25, -0.2) is 0 Å². The Balaban J connectivity index is 2.52. The summed E-state index contributed by atoms with van der Waals surface area (Å²) in [5, 5.41) is 0. The van der Waals surface area contributed by atoms with E-state index in [2.05, 4.69) is 20.8 Å². The maximum Gasteiger partial charge on any atom is 0.0114 e. The average Bonchev–Trinajstić information content (AvgIpc) is 1.96. The maximum absolute atomic E-state index is 5.71. The largest absolute Gasteiger partial charge is 0.327 e. The Labute approximate surface area is 69.7 Å². The lowest BCUT2D eigenvalue weighted by Gasteiger charge is -2.29. The number of allylic oxidation sites excluding steroid dienone is 1. The second-order valence-corrected chi connectivity index (χ2v) is 3.76. The van der Waals surface area contributed by atoms with Crippen molar-refractivity contribution >= 4 is 0 Å². The first-order valence-corrected chi connectivity index (χ1v) is 4.59. The van der Waals surface area contributed by atoms with Crippen LogP contribution < -0.4 is 5.73 Å². The van der Waals surface area contributed by atoms with Crippen molar-refractivity contribution in [3.8, 4) is 0 Å². The normalized spacial score (nSPS) is 26.2. The van der Waals surface area contributed by atoms with Gasteiger partial charge in [0.15, 0.2) is 0 Å². The van der Waals surface area contributed by atoms with Crippen LogP contribution in [0.1, 0.15) is 40.0 Å². The zero-order valence-corrected chi connectivity index (χ0v) is 7.85. The number of hydrogen-bond acceptors (Lipinski definition) is 1. The van der Waals surface area contributed by atoms with E-state index in [0.29, 0.717) is 6.04 Å². The smallest absolute Gasteiger partial charge is 0.0114 e. The molecule has 1 atom stereocenters. The first kappa shape index (κ1) is 8.79. The van der Waals surface area contributed by atoms with Gasteiger partial charge in [-0.15, -0.1) is 0 Å². The summed E-state index contributed by atoms with van der Waals surface area (Å²) in [7, 11) is 0. The van der Waals surface area contributed by atoms with Gasteiger partial charge in [-0.05, 0) is 32.1 Å². The van der Waals surface area contributed by atoms with E-state index in [1.54, 1.807) is 11.1 Å². The highest BCUT2D eigenvalue weighted by atomic mass is 14.7. The van der Waals surface area contributed by atoms with Crippen LogP contribution in [-0.4, -0.2) is 6.04 Å². The Bertz CT molecular complexity index is 162. The van der Waals surface area contributed by atoms with Gasteiger partial charge in [0.2, 0.25) is 0 Å². The molecular weight excluding hydrogens is 134 g/mol. The Morgan fingerprint density at radius 1 is 1.64 bits per heavy atom. The van der Waals surface area contributed by atoms with Gasteiger partial charge in [-0.3, -0.25) is 0 Å². The van der Waals surface area contributed by atoms with Crippen LogP contribution in [0.15, 0.2) is 11.1 Å². The minimum atomic E-state index is 0.462. The Kier molecular flexibility index (Phi) is 2.72. The number of hydrogen-bond donors (Lipinski definition) is 1. The molecule has 1 saturated carbocycles. The Morgan fingerprint density at radius 2 is 2.18 bits per heavy atom. The minimum Gasteiger partial charge on any atom is -0.327 e. The molecule has 1 aliphatic rings. The Morgan fingerprint density at radius 3 is 2.55 bits per heavy atom. The zero-order chi connectivity index (χ0) is 8.43. The van der Waals surface area contributed by atoms with Crippen molar-refractivity contribution in [2.75, 3.05) is 0 Å². The van der Waals surface area contributed by atoms with Crippen molar-refractivity contribution in [3.05, 3.63) is 11.1 Å². The van der Waals surface area contributed by atoms with E-state index < -0.39 is 0 Å². The van der Waals surface area contributed by atoms with Crippen LogP contribution in [0, 0.1) is 5.92 Å². The molecule has 0 amide bonds. The van der Waals surface area contributed by atoms with Gasteiger partial charge < -0.3 is 5.73 Å². The third-order valence-electron chi connectivity index (χ3n) is 2.93. The molecule has 0 aliphatic heterocycles. The van der Waals surface area contributed by atoms with Gasteiger partial charge in [0.25, 0.3) is 0 Å². The third-order valence-corrected chi connectivity index (χ3v) is 2.93. The van der Waals surface area contributed by atoms with Gasteiger partial charge in [-0.1, -0.05) is 25.0 Å². The molecule has 0 spiro atoms. The standard InChI is InChI=1S/C10H19N/c1-4-7(2)8(3)9-5-10(11)6-9/h7,10H,4-6,11H2,1-3H3. The predicted octanol–water partition coefficient (Wildman–Crippen LogP) is 2.47. The molecule has 0 heterocycles. The molecule has 1 fully saturated rings. The summed E-state index contributed by atoms with van der Waals surface area (Å²) in [6.07, 6.45) is 3.55. The predicted molar refractivity (Wildman–Crippen MR) is 49.4 cm³/mol. The summed E-state index contributed by atoms with van der Waals surface area (Å²) in [4.78, 5) is 0. The fourth-order valence-corrected chi connectivity index (χ4v) is 1.55. The van der Waals surface area contributed by atoms with Crippen molar-refractivity contribution in [2.45, 2.75) is 46.1 Å². The molecule has 0 aromatic rings. The van der Waals surface area contributed by atoms with Crippen LogP contribution in [0.3, 0.4) is 0 Å². The van der Waals surface area contributed by atoms with Gasteiger partial charge in [-0.2, -0.15) is 0 Å². The fourth-order valence-electron chi connectivity index (χ4n) is 1.55. The summed E-state index contributed by atoms with van der Waals surface area (Å²) in [5.41, 5.74) is 8.92. The SMILES string of the molecule is CCC(C)C(C)=C1CC(N)C1. The molecule has 64 valence electrons. The topological polar surface area (TPSA) is 26.0 Å². The van der Waals surface area contributed by atoms with E-state index in [1.165, 1.54) is 6.42 Å². The van der Waals surface area contributed by atoms with Crippen molar-refractivity contribution in [1.82, 2.24) is 0 Å². The van der Waals surface area contributed by atoms with E-state index in [9.17, 15) is 0 Å². The van der Waals surface area contributed by atoms with Gasteiger partial charge in [0, 0.05) is 6.04 Å². The molecule has 0 bridgehead atoms. The molecule has 1 heteroatoms. The van der Waals surface area contributed by atoms with E-state index in [-0.39, 0.29) is 0 Å². The average molecular weight is 153 g/mol. The van der Waals surface area contributed by atoms with Crippen molar-refractivity contribution in [2.24, 2.45) is 11.7 Å². The first-order chi connectivity index (χ1) is 5.15. The number of rotatable bonds is 2. The molecule has 1 unspecified atom stereocenters. The summed E-state index contributed by atoms with van der Waals surface area (Å²) < 4.78 is 0. The summed E-state index contributed by atoms with van der Waals surface area (Å²) >= 11 is 0. The Hall–Kier alpha value is -0.300. The maximum atomic E-state index is 5.71. The highest BCUT2D eigenvalue weighted by Crippen LogP contribution is 2.31. The van der Waals surface area contributed by atoms with Crippen LogP contribution in [0.5, 0.6) is 0 Å². The fraction of sp³-hybridized carbons (Fsp3) is 0.800. The highest BCUT2D eigenvalue weighted by Gasteiger charge is 2.21. The van der Waals surface area contributed by atoms with Crippen LogP contribution in [-0.2, 0) is 0 Å². The van der Waals surface area contributed by atoms with E-state index in [4.69, 9.17) is 5.73 Å². The lowest BCUT2D eigenvalue weighted by Crippen LogP contribution is -2.31. The van der Waals surface area contributed by atoms with Crippen LogP contribution in [0.4, 0.5) is 0 Å². The molecule has 1 rings (SSSR count). The summed E-state index contributed by atoms with van der Waals surface area (Å²) in [5.74, 6) is 0.762. The quantitative estimate of drug-likeness (QED) is 0.606. The molecule has 0 saturated heterocycles. The molecule has 11 heavy (non-hydrogen) atoms. The third kappa shape index (κ3) is 1.84. The number of nitrogens with two attached hydrogens (primary N) is 1. The lowest BCUT2D eigenvalue weighted by molar-refractivity contribution is 0.513. The van der Waals surface area contributed by atoms with E-state index in [0.717, 1.165) is 18.8 Å². The van der Waals surface area contributed by atoms with Crippen molar-refractivity contribution in [1.29, 1.82) is 0 Å². The second-order valence-electron chi connectivity index (χ2n) is 3.76. The molecule has 2 N–H and O–H groups in total. The van der Waals surface area contributed by atoms with E-state index in [1.807, 2.05) is 0 Å². The van der Waals surface area contributed by atoms with Crippen LogP contribution in [0.2, 0.25) is 0 Å². The molecule has 1 aliphatic carbocycles. The van der Waals surface area contributed by atoms with E-state index >= 15 is 0 Å². The zero-order valence-electron chi connectivity index (χ0n) is 7.85. The monoisotopic (exact) mass is 153 g/mol. The molecule has 0 radical (unpaired) electrons. The summed E-state index contributed by atoms with van der Waals surface area (Å²) in [6.45, 7) is 6.80. The van der Waals surface area contributed by atoms with Crippen molar-refractivity contribution in [3.63, 3.8) is 0 Å². The summed E-state index contributed by atoms with van der Waals surface area (Å²) in [6, 6.07) is 0.462. The highest BCUT2D eigenvalue weighted by molar-refractivity contribution is 5.23.